The molecule has 2 aromatic rings. The first-order chi connectivity index (χ1) is 11.7. The quantitative estimate of drug-likeness (QED) is 0.798. The Balaban J connectivity index is 1.45. The van der Waals surface area contributed by atoms with Crippen LogP contribution in [0.2, 0.25) is 0 Å². The molecule has 0 saturated carbocycles. The molecule has 1 aromatic carbocycles. The van der Waals surface area contributed by atoms with E-state index < -0.39 is 6.04 Å². The molecule has 1 aliphatic heterocycles. The van der Waals surface area contributed by atoms with Crippen molar-refractivity contribution in [3.05, 3.63) is 46.5 Å². The summed E-state index contributed by atoms with van der Waals surface area (Å²) in [7, 11) is 0. The van der Waals surface area contributed by atoms with E-state index in [-0.39, 0.29) is 11.9 Å². The van der Waals surface area contributed by atoms with Crippen LogP contribution in [0.1, 0.15) is 28.5 Å². The molecule has 2 heterocycles. The van der Waals surface area contributed by atoms with E-state index in [2.05, 4.69) is 45.2 Å². The zero-order valence-corrected chi connectivity index (χ0v) is 13.9. The minimum atomic E-state index is -0.532. The number of urea groups is 1. The number of anilines is 1. The molecule has 7 heteroatoms. The summed E-state index contributed by atoms with van der Waals surface area (Å²) < 4.78 is 0. The minimum Gasteiger partial charge on any atom is -0.336 e. The van der Waals surface area contributed by atoms with Crippen LogP contribution in [-0.4, -0.2) is 29.5 Å². The second-order valence-corrected chi connectivity index (χ2v) is 7.22. The maximum Gasteiger partial charge on any atom is 0.315 e. The minimum absolute atomic E-state index is 0.223. The Morgan fingerprint density at radius 3 is 2.88 bits per heavy atom. The molecular weight excluding hydrogens is 324 g/mol. The van der Waals surface area contributed by atoms with E-state index in [1.54, 1.807) is 11.3 Å². The van der Waals surface area contributed by atoms with Gasteiger partial charge in [0.05, 0.1) is 5.69 Å². The van der Waals surface area contributed by atoms with Gasteiger partial charge in [0.2, 0.25) is 0 Å². The number of nitrogens with one attached hydrogen (secondary N) is 3. The first-order valence-electron chi connectivity index (χ1n) is 8.08. The highest BCUT2D eigenvalue weighted by atomic mass is 32.1. The summed E-state index contributed by atoms with van der Waals surface area (Å²) in [5.41, 5.74) is 2.46. The van der Waals surface area contributed by atoms with E-state index in [9.17, 15) is 9.59 Å². The van der Waals surface area contributed by atoms with Crippen molar-refractivity contribution in [2.24, 2.45) is 0 Å². The van der Waals surface area contributed by atoms with Crippen LogP contribution in [0.3, 0.4) is 0 Å². The van der Waals surface area contributed by atoms with Gasteiger partial charge in [-0.05, 0) is 30.7 Å². The molecule has 124 valence electrons. The SMILES string of the molecule is O=C1NC[C@H](C(=O)Nc2nc3c(s2)C[C@H](c2ccccc2)CC3)N1. The van der Waals surface area contributed by atoms with E-state index in [1.807, 2.05) is 6.07 Å². The van der Waals surface area contributed by atoms with Crippen molar-refractivity contribution >= 4 is 28.4 Å². The van der Waals surface area contributed by atoms with Crippen LogP contribution in [-0.2, 0) is 17.6 Å². The van der Waals surface area contributed by atoms with Crippen molar-refractivity contribution in [2.45, 2.75) is 31.2 Å². The number of carbonyl (C=O) groups is 2. The molecular formula is C17H18N4O2S. The Morgan fingerprint density at radius 1 is 1.29 bits per heavy atom. The van der Waals surface area contributed by atoms with E-state index >= 15 is 0 Å². The third-order valence-corrected chi connectivity index (χ3v) is 5.56. The molecule has 0 radical (unpaired) electrons. The Kier molecular flexibility index (Phi) is 3.93. The average molecular weight is 342 g/mol. The van der Waals surface area contributed by atoms with Crippen LogP contribution in [0.15, 0.2) is 30.3 Å². The van der Waals surface area contributed by atoms with Crippen molar-refractivity contribution in [3.63, 3.8) is 0 Å². The maximum absolute atomic E-state index is 12.2. The molecule has 3 N–H and O–H groups in total. The second kappa shape index (κ2) is 6.24. The summed E-state index contributed by atoms with van der Waals surface area (Å²) in [6.07, 6.45) is 2.98. The number of amides is 3. The highest BCUT2D eigenvalue weighted by Crippen LogP contribution is 2.36. The lowest BCUT2D eigenvalue weighted by molar-refractivity contribution is -0.117. The third kappa shape index (κ3) is 2.99. The number of hydrogen-bond donors (Lipinski definition) is 3. The number of rotatable bonds is 3. The summed E-state index contributed by atoms with van der Waals surface area (Å²) >= 11 is 1.55. The number of aryl methyl sites for hydroxylation is 1. The van der Waals surface area contributed by atoms with Gasteiger partial charge in [0.1, 0.15) is 6.04 Å². The van der Waals surface area contributed by atoms with Crippen LogP contribution in [0.5, 0.6) is 0 Å². The summed E-state index contributed by atoms with van der Waals surface area (Å²) in [4.78, 5) is 29.1. The fourth-order valence-corrected chi connectivity index (χ4v) is 4.33. The molecule has 2 atom stereocenters. The van der Waals surface area contributed by atoms with Gasteiger partial charge >= 0.3 is 6.03 Å². The second-order valence-electron chi connectivity index (χ2n) is 6.14. The predicted molar refractivity (Wildman–Crippen MR) is 92.3 cm³/mol. The molecule has 1 saturated heterocycles. The molecule has 0 spiro atoms. The van der Waals surface area contributed by atoms with E-state index in [1.165, 1.54) is 10.4 Å². The maximum atomic E-state index is 12.2. The van der Waals surface area contributed by atoms with Gasteiger partial charge in [-0.25, -0.2) is 9.78 Å². The normalized spacial score (nSPS) is 22.4. The predicted octanol–water partition coefficient (Wildman–Crippen LogP) is 2.04. The molecule has 3 amide bonds. The van der Waals surface area contributed by atoms with Crippen LogP contribution < -0.4 is 16.0 Å². The largest absolute Gasteiger partial charge is 0.336 e. The zero-order valence-electron chi connectivity index (χ0n) is 13.0. The van der Waals surface area contributed by atoms with Gasteiger partial charge in [-0.15, -0.1) is 11.3 Å². The number of aromatic nitrogens is 1. The van der Waals surface area contributed by atoms with E-state index in [4.69, 9.17) is 0 Å². The van der Waals surface area contributed by atoms with Crippen molar-refractivity contribution in [2.75, 3.05) is 11.9 Å². The highest BCUT2D eigenvalue weighted by Gasteiger charge is 2.28. The molecule has 0 bridgehead atoms. The molecule has 24 heavy (non-hydrogen) atoms. The topological polar surface area (TPSA) is 83.1 Å². The summed E-state index contributed by atoms with van der Waals surface area (Å²) in [6, 6.07) is 9.70. The Morgan fingerprint density at radius 2 is 2.12 bits per heavy atom. The van der Waals surface area contributed by atoms with Crippen molar-refractivity contribution in [1.29, 1.82) is 0 Å². The molecule has 1 aromatic heterocycles. The lowest BCUT2D eigenvalue weighted by Gasteiger charge is -2.21. The van der Waals surface area contributed by atoms with Crippen LogP contribution in [0, 0.1) is 0 Å². The molecule has 2 aliphatic rings. The lowest BCUT2D eigenvalue weighted by atomic mass is 9.85. The Hall–Kier alpha value is -2.41. The summed E-state index contributed by atoms with van der Waals surface area (Å²) in [6.45, 7) is 0.311. The van der Waals surface area contributed by atoms with E-state index in [0.29, 0.717) is 17.6 Å². The Labute approximate surface area is 143 Å². The fraction of sp³-hybridized carbons (Fsp3) is 0.353. The zero-order chi connectivity index (χ0) is 16.5. The monoisotopic (exact) mass is 342 g/mol. The van der Waals surface area contributed by atoms with Gasteiger partial charge < -0.3 is 16.0 Å². The average Bonchev–Trinajstić information content (AvgIpc) is 3.20. The molecule has 1 fully saturated rings. The molecule has 1 aliphatic carbocycles. The van der Waals surface area contributed by atoms with Gasteiger partial charge in [0, 0.05) is 11.4 Å². The van der Waals surface area contributed by atoms with Gasteiger partial charge in [0.25, 0.3) is 5.91 Å². The number of fused-ring (bicyclic) bond motifs is 1. The van der Waals surface area contributed by atoms with Crippen LogP contribution in [0.25, 0.3) is 0 Å². The van der Waals surface area contributed by atoms with Crippen LogP contribution >= 0.6 is 11.3 Å². The van der Waals surface area contributed by atoms with Crippen molar-refractivity contribution < 1.29 is 9.59 Å². The molecule has 6 nitrogen and oxygen atoms in total. The van der Waals surface area contributed by atoms with Gasteiger partial charge in [-0.3, -0.25) is 4.79 Å². The lowest BCUT2D eigenvalue weighted by Crippen LogP contribution is -2.38. The van der Waals surface area contributed by atoms with Crippen molar-refractivity contribution in [3.8, 4) is 0 Å². The standard InChI is InChI=1S/C17H18N4O2S/c22-15(13-9-18-16(23)19-13)21-17-20-12-7-6-11(8-14(12)24-17)10-4-2-1-3-5-10/h1-5,11,13H,6-9H2,(H2,18,19,23)(H,20,21,22)/t11-,13-/m1/s1. The first kappa shape index (κ1) is 15.1. The number of thiazole rings is 1. The number of carbonyl (C=O) groups excluding carboxylic acids is 2. The number of hydrogen-bond acceptors (Lipinski definition) is 4. The first-order valence-corrected chi connectivity index (χ1v) is 8.89. The van der Waals surface area contributed by atoms with Gasteiger partial charge in [-0.2, -0.15) is 0 Å². The van der Waals surface area contributed by atoms with Crippen LogP contribution in [0.4, 0.5) is 9.93 Å². The number of benzene rings is 1. The molecule has 0 unspecified atom stereocenters. The van der Waals surface area contributed by atoms with Gasteiger partial charge in [-0.1, -0.05) is 30.3 Å². The smallest absolute Gasteiger partial charge is 0.315 e. The summed E-state index contributed by atoms with van der Waals surface area (Å²) in [5.74, 6) is 0.292. The number of nitrogens with zero attached hydrogens (tertiary/aromatic N) is 1. The third-order valence-electron chi connectivity index (χ3n) is 4.53. The Bertz CT molecular complexity index is 774. The van der Waals surface area contributed by atoms with Crippen molar-refractivity contribution in [1.82, 2.24) is 15.6 Å². The van der Waals surface area contributed by atoms with Gasteiger partial charge in [0.15, 0.2) is 5.13 Å². The highest BCUT2D eigenvalue weighted by molar-refractivity contribution is 7.15. The molecule has 4 rings (SSSR count). The van der Waals surface area contributed by atoms with E-state index in [0.717, 1.165) is 25.0 Å². The summed E-state index contributed by atoms with van der Waals surface area (Å²) in [5, 5.41) is 8.62. The fourth-order valence-electron chi connectivity index (χ4n) is 3.24.